The highest BCUT2D eigenvalue weighted by Crippen LogP contribution is 2.16. The Balaban J connectivity index is 0.00000264. The monoisotopic (exact) mass is 350 g/mol. The maximum atomic E-state index is 13.7. The highest BCUT2D eigenvalue weighted by Gasteiger charge is 2.22. The predicted molar refractivity (Wildman–Crippen MR) is 79.4 cm³/mol. The summed E-state index contributed by atoms with van der Waals surface area (Å²) in [6.07, 6.45) is 0. The number of nitrogens with one attached hydrogen (secondary N) is 2. The molecule has 0 saturated carbocycles. The molecule has 0 bridgehead atoms. The molecule has 1 heterocycles. The van der Waals surface area contributed by atoms with Crippen LogP contribution in [0.3, 0.4) is 0 Å². The van der Waals surface area contributed by atoms with Crippen molar-refractivity contribution in [2.24, 2.45) is 0 Å². The van der Waals surface area contributed by atoms with Gasteiger partial charge in [0.15, 0.2) is 0 Å². The number of amides is 1. The minimum absolute atomic E-state index is 0. The number of methoxy groups -OCH3 is 1. The highest BCUT2D eigenvalue weighted by atomic mass is 35.5. The molecule has 2 N–H and O–H groups in total. The zero-order valence-corrected chi connectivity index (χ0v) is 13.2. The van der Waals surface area contributed by atoms with Gasteiger partial charge in [-0.05, 0) is 17.7 Å². The zero-order valence-electron chi connectivity index (χ0n) is 12.4. The van der Waals surface area contributed by atoms with E-state index in [0.29, 0.717) is 13.2 Å². The summed E-state index contributed by atoms with van der Waals surface area (Å²) in [7, 11) is 1.04. The van der Waals surface area contributed by atoms with Gasteiger partial charge in [0.2, 0.25) is 5.91 Å². The molecule has 1 aromatic carbocycles. The quantitative estimate of drug-likeness (QED) is 0.785. The van der Waals surface area contributed by atoms with E-state index < -0.39 is 29.2 Å². The van der Waals surface area contributed by atoms with Gasteiger partial charge in [0.1, 0.15) is 23.2 Å². The van der Waals surface area contributed by atoms with E-state index >= 15 is 0 Å². The van der Waals surface area contributed by atoms with Gasteiger partial charge in [-0.1, -0.05) is 0 Å². The van der Waals surface area contributed by atoms with E-state index in [-0.39, 0.29) is 37.0 Å². The van der Waals surface area contributed by atoms with E-state index in [1.165, 1.54) is 0 Å². The lowest BCUT2D eigenvalue weighted by Crippen LogP contribution is -2.51. The summed E-state index contributed by atoms with van der Waals surface area (Å²) in [5, 5.41) is 5.52. The predicted octanol–water partition coefficient (Wildman–Crippen LogP) is 0.778. The zero-order chi connectivity index (χ0) is 16.1. The maximum Gasteiger partial charge on any atom is 0.343 e. The second-order valence-corrected chi connectivity index (χ2v) is 4.73. The molecule has 1 atom stereocenters. The number of hydrogen-bond donors (Lipinski definition) is 2. The van der Waals surface area contributed by atoms with E-state index in [4.69, 9.17) is 4.74 Å². The van der Waals surface area contributed by atoms with Gasteiger partial charge in [-0.25, -0.2) is 13.6 Å². The van der Waals surface area contributed by atoms with Crippen molar-refractivity contribution >= 4 is 24.3 Å². The first-order valence-corrected chi connectivity index (χ1v) is 6.68. The summed E-state index contributed by atoms with van der Waals surface area (Å²) < 4.78 is 36.9. The topological polar surface area (TPSA) is 76.7 Å². The van der Waals surface area contributed by atoms with E-state index in [1.807, 2.05) is 0 Å². The van der Waals surface area contributed by atoms with E-state index in [1.54, 1.807) is 0 Å². The molecular weight excluding hydrogens is 334 g/mol. The normalized spacial score (nSPS) is 17.1. The fraction of sp³-hybridized carbons (Fsp3) is 0.429. The highest BCUT2D eigenvalue weighted by molar-refractivity contribution is 5.90. The molecule has 9 heteroatoms. The molecule has 1 saturated heterocycles. The third kappa shape index (κ3) is 4.85. The van der Waals surface area contributed by atoms with Gasteiger partial charge in [0, 0.05) is 13.1 Å². The Bertz CT molecular complexity index is 557. The molecular formula is C14H17ClF2N2O4. The number of benzene rings is 1. The summed E-state index contributed by atoms with van der Waals surface area (Å²) in [6.45, 7) is 1.28. The lowest BCUT2D eigenvalue weighted by atomic mass is 10.1. The van der Waals surface area contributed by atoms with Crippen LogP contribution in [0.5, 0.6) is 0 Å². The molecule has 23 heavy (non-hydrogen) atoms. The van der Waals surface area contributed by atoms with Gasteiger partial charge in [0.25, 0.3) is 0 Å². The first-order chi connectivity index (χ1) is 10.5. The molecule has 1 aliphatic rings. The molecule has 1 fully saturated rings. The van der Waals surface area contributed by atoms with Gasteiger partial charge in [-0.3, -0.25) is 4.79 Å². The summed E-state index contributed by atoms with van der Waals surface area (Å²) in [5.74, 6) is -3.47. The third-order valence-corrected chi connectivity index (χ3v) is 3.20. The van der Waals surface area contributed by atoms with E-state index in [9.17, 15) is 18.4 Å². The molecule has 0 radical (unpaired) electrons. The molecule has 6 nitrogen and oxygen atoms in total. The molecule has 0 aromatic heterocycles. The van der Waals surface area contributed by atoms with Gasteiger partial charge < -0.3 is 20.1 Å². The number of halogens is 3. The van der Waals surface area contributed by atoms with Crippen LogP contribution in [0.4, 0.5) is 8.78 Å². The molecule has 128 valence electrons. The van der Waals surface area contributed by atoms with Crippen molar-refractivity contribution in [1.82, 2.24) is 10.6 Å². The first kappa shape index (κ1) is 19.3. The van der Waals surface area contributed by atoms with Crippen molar-refractivity contribution in [2.75, 3.05) is 26.9 Å². The van der Waals surface area contributed by atoms with Crippen LogP contribution in [0.15, 0.2) is 12.1 Å². The lowest BCUT2D eigenvalue weighted by molar-refractivity contribution is -0.126. The van der Waals surface area contributed by atoms with Crippen molar-refractivity contribution in [1.29, 1.82) is 0 Å². The molecule has 1 aromatic rings. The van der Waals surface area contributed by atoms with Crippen LogP contribution in [0.25, 0.3) is 0 Å². The fourth-order valence-electron chi connectivity index (χ4n) is 2.07. The minimum Gasteiger partial charge on any atom is -0.465 e. The fourth-order valence-corrected chi connectivity index (χ4v) is 2.07. The molecule has 0 aliphatic carbocycles. The van der Waals surface area contributed by atoms with Gasteiger partial charge >= 0.3 is 5.97 Å². The second kappa shape index (κ2) is 8.76. The number of rotatable bonds is 4. The van der Waals surface area contributed by atoms with Gasteiger partial charge in [-0.15, -0.1) is 12.4 Å². The van der Waals surface area contributed by atoms with Crippen molar-refractivity contribution in [3.63, 3.8) is 0 Å². The van der Waals surface area contributed by atoms with Crippen LogP contribution in [-0.2, 0) is 20.8 Å². The smallest absolute Gasteiger partial charge is 0.343 e. The Hall–Kier alpha value is -1.77. The largest absolute Gasteiger partial charge is 0.465 e. The third-order valence-electron chi connectivity index (χ3n) is 3.20. The van der Waals surface area contributed by atoms with Crippen LogP contribution in [0.2, 0.25) is 0 Å². The second-order valence-electron chi connectivity index (χ2n) is 4.73. The molecule has 0 spiro atoms. The SMILES string of the molecule is COC(=O)c1c(F)cc(CNC(=O)[C@H]2COCCN2)cc1F.Cl. The van der Waals surface area contributed by atoms with Crippen LogP contribution in [0.1, 0.15) is 15.9 Å². The van der Waals surface area contributed by atoms with Gasteiger partial charge in [0.05, 0.1) is 20.3 Å². The van der Waals surface area contributed by atoms with Crippen molar-refractivity contribution in [3.8, 4) is 0 Å². The summed E-state index contributed by atoms with van der Waals surface area (Å²) in [5.41, 5.74) is -0.548. The van der Waals surface area contributed by atoms with Crippen molar-refractivity contribution in [3.05, 3.63) is 34.9 Å². The molecule has 0 unspecified atom stereocenters. The Labute approximate surface area is 137 Å². The standard InChI is InChI=1S/C14H16F2N2O4.ClH/c1-21-14(20)12-9(15)4-8(5-10(12)16)6-18-13(19)11-7-22-3-2-17-11;/h4-5,11,17H,2-3,6-7H2,1H3,(H,18,19);1H/t11-;/m1./s1. The Morgan fingerprint density at radius 2 is 2.04 bits per heavy atom. The van der Waals surface area contributed by atoms with Crippen molar-refractivity contribution < 1.29 is 27.8 Å². The number of hydrogen-bond acceptors (Lipinski definition) is 5. The first-order valence-electron chi connectivity index (χ1n) is 6.68. The van der Waals surface area contributed by atoms with Crippen LogP contribution >= 0.6 is 12.4 Å². The Morgan fingerprint density at radius 1 is 1.39 bits per heavy atom. The van der Waals surface area contributed by atoms with E-state index in [0.717, 1.165) is 19.2 Å². The molecule has 1 amide bonds. The number of esters is 1. The van der Waals surface area contributed by atoms with Gasteiger partial charge in [-0.2, -0.15) is 0 Å². The van der Waals surface area contributed by atoms with Crippen LogP contribution < -0.4 is 10.6 Å². The van der Waals surface area contributed by atoms with Crippen molar-refractivity contribution in [2.45, 2.75) is 12.6 Å². The lowest BCUT2D eigenvalue weighted by Gasteiger charge is -2.22. The summed E-state index contributed by atoms with van der Waals surface area (Å²) in [4.78, 5) is 23.1. The number of carbonyl (C=O) groups is 2. The molecule has 1 aliphatic heterocycles. The van der Waals surface area contributed by atoms with Crippen LogP contribution in [-0.4, -0.2) is 44.8 Å². The average molecular weight is 351 g/mol. The summed E-state index contributed by atoms with van der Waals surface area (Å²) in [6, 6.07) is 1.48. The molecule has 2 rings (SSSR count). The summed E-state index contributed by atoms with van der Waals surface area (Å²) >= 11 is 0. The van der Waals surface area contributed by atoms with Crippen LogP contribution in [0, 0.1) is 11.6 Å². The average Bonchev–Trinajstić information content (AvgIpc) is 2.52. The maximum absolute atomic E-state index is 13.7. The van der Waals surface area contributed by atoms with E-state index in [2.05, 4.69) is 15.4 Å². The Morgan fingerprint density at radius 3 is 2.57 bits per heavy atom. The number of ether oxygens (including phenoxy) is 2. The minimum atomic E-state index is -1.09. The number of carbonyl (C=O) groups excluding carboxylic acids is 2. The Kier molecular flexibility index (Phi) is 7.34. The number of morpholine rings is 1.